The van der Waals surface area contributed by atoms with Gasteiger partial charge < -0.3 is 4.74 Å². The third kappa shape index (κ3) is 5.47. The van der Waals surface area contributed by atoms with E-state index in [9.17, 15) is 8.78 Å². The summed E-state index contributed by atoms with van der Waals surface area (Å²) in [4.78, 5) is 0. The van der Waals surface area contributed by atoms with E-state index in [4.69, 9.17) is 4.74 Å². The zero-order valence-corrected chi connectivity index (χ0v) is 8.45. The van der Waals surface area contributed by atoms with E-state index in [0.717, 1.165) is 6.92 Å². The van der Waals surface area contributed by atoms with E-state index in [0.29, 0.717) is 6.61 Å². The summed E-state index contributed by atoms with van der Waals surface area (Å²) in [6.45, 7) is 8.48. The molecular weight excluding hydrogens is 162 g/mol. The number of hydrogen-bond donors (Lipinski definition) is 0. The van der Waals surface area contributed by atoms with Crippen molar-refractivity contribution in [1.82, 2.24) is 0 Å². The van der Waals surface area contributed by atoms with Crippen molar-refractivity contribution in [3.63, 3.8) is 0 Å². The Bertz CT molecular complexity index is 132. The molecule has 0 N–H and O–H groups in total. The zero-order valence-electron chi connectivity index (χ0n) is 8.45. The summed E-state index contributed by atoms with van der Waals surface area (Å²) < 4.78 is 30.2. The molecule has 0 radical (unpaired) electrons. The van der Waals surface area contributed by atoms with Crippen LogP contribution in [0.25, 0.3) is 0 Å². The average molecular weight is 180 g/mol. The molecule has 0 amide bonds. The van der Waals surface area contributed by atoms with Crippen LogP contribution in [0.5, 0.6) is 0 Å². The van der Waals surface area contributed by atoms with E-state index < -0.39 is 12.0 Å². The number of ether oxygens (including phenoxy) is 1. The van der Waals surface area contributed by atoms with Crippen LogP contribution in [0.3, 0.4) is 0 Å². The van der Waals surface area contributed by atoms with Gasteiger partial charge in [-0.2, -0.15) is 0 Å². The first-order valence-electron chi connectivity index (χ1n) is 4.12. The molecule has 0 bridgehead atoms. The first-order valence-corrected chi connectivity index (χ1v) is 4.12. The molecule has 0 rings (SSSR count). The van der Waals surface area contributed by atoms with Gasteiger partial charge in [0.25, 0.3) is 5.92 Å². The maximum Gasteiger partial charge on any atom is 0.270 e. The molecule has 0 spiro atoms. The molecule has 1 nitrogen and oxygen atoms in total. The molecule has 0 aromatic carbocycles. The summed E-state index contributed by atoms with van der Waals surface area (Å²) in [7, 11) is 0. The predicted octanol–water partition coefficient (Wildman–Crippen LogP) is 3.09. The Labute approximate surface area is 73.1 Å². The van der Waals surface area contributed by atoms with E-state index >= 15 is 0 Å². The molecule has 0 heterocycles. The molecule has 0 aromatic rings. The van der Waals surface area contributed by atoms with E-state index in [1.54, 1.807) is 0 Å². The Morgan fingerprint density at radius 3 is 1.83 bits per heavy atom. The minimum atomic E-state index is -2.74. The van der Waals surface area contributed by atoms with Crippen molar-refractivity contribution < 1.29 is 13.5 Å². The third-order valence-electron chi connectivity index (χ3n) is 1.48. The molecule has 3 heteroatoms. The average Bonchev–Trinajstić information content (AvgIpc) is 1.78. The fraction of sp³-hybridized carbons (Fsp3) is 1.00. The van der Waals surface area contributed by atoms with Crippen LogP contribution in [-0.4, -0.2) is 18.6 Å². The van der Waals surface area contributed by atoms with Crippen LogP contribution in [0.4, 0.5) is 8.78 Å². The second-order valence-corrected chi connectivity index (χ2v) is 4.47. The Kier molecular flexibility index (Phi) is 3.63. The molecule has 12 heavy (non-hydrogen) atoms. The highest BCUT2D eigenvalue weighted by Crippen LogP contribution is 2.22. The summed E-state index contributed by atoms with van der Waals surface area (Å²) in [5, 5.41) is 0. The minimum Gasteiger partial charge on any atom is -0.372 e. The molecule has 0 aromatic heterocycles. The van der Waals surface area contributed by atoms with E-state index in [1.807, 2.05) is 20.8 Å². The predicted molar refractivity (Wildman–Crippen MR) is 45.5 cm³/mol. The quantitative estimate of drug-likeness (QED) is 0.648. The molecule has 0 aliphatic heterocycles. The van der Waals surface area contributed by atoms with Crippen molar-refractivity contribution in [3.05, 3.63) is 0 Å². The summed E-state index contributed by atoms with van der Waals surface area (Å²) >= 11 is 0. The van der Waals surface area contributed by atoms with Gasteiger partial charge in [-0.25, -0.2) is 8.78 Å². The highest BCUT2D eigenvalue weighted by molar-refractivity contribution is 4.69. The maximum absolute atomic E-state index is 12.6. The normalized spacial score (nSPS) is 16.2. The van der Waals surface area contributed by atoms with Crippen LogP contribution >= 0.6 is 0 Å². The standard InChI is InChI=1S/C9H18F2O/c1-7(9(5,10)11)12-6-8(2,3)4/h7H,6H2,1-5H3. The molecular formula is C9H18F2O. The lowest BCUT2D eigenvalue weighted by Crippen LogP contribution is -2.32. The van der Waals surface area contributed by atoms with E-state index in [2.05, 4.69) is 0 Å². The van der Waals surface area contributed by atoms with Crippen LogP contribution < -0.4 is 0 Å². The van der Waals surface area contributed by atoms with Crippen LogP contribution in [-0.2, 0) is 4.74 Å². The zero-order chi connectivity index (χ0) is 9.99. The SMILES string of the molecule is CC(OCC(C)(C)C)C(C)(F)F. The van der Waals surface area contributed by atoms with Crippen LogP contribution in [0.1, 0.15) is 34.6 Å². The lowest BCUT2D eigenvalue weighted by molar-refractivity contribution is -0.128. The van der Waals surface area contributed by atoms with Gasteiger partial charge in [-0.1, -0.05) is 20.8 Å². The first kappa shape index (κ1) is 11.8. The van der Waals surface area contributed by atoms with Gasteiger partial charge in [0, 0.05) is 6.92 Å². The van der Waals surface area contributed by atoms with Gasteiger partial charge in [-0.15, -0.1) is 0 Å². The van der Waals surface area contributed by atoms with Crippen molar-refractivity contribution in [3.8, 4) is 0 Å². The van der Waals surface area contributed by atoms with Crippen molar-refractivity contribution in [2.45, 2.75) is 46.6 Å². The lowest BCUT2D eigenvalue weighted by atomic mass is 9.98. The molecule has 0 aliphatic carbocycles. The Balaban J connectivity index is 3.80. The van der Waals surface area contributed by atoms with Crippen molar-refractivity contribution in [2.75, 3.05) is 6.61 Å². The summed E-state index contributed by atoms with van der Waals surface area (Å²) in [5.41, 5.74) is -0.0560. The monoisotopic (exact) mass is 180 g/mol. The number of hydrogen-bond acceptors (Lipinski definition) is 1. The highest BCUT2D eigenvalue weighted by atomic mass is 19.3. The van der Waals surface area contributed by atoms with Gasteiger partial charge in [-0.05, 0) is 12.3 Å². The van der Waals surface area contributed by atoms with Crippen LogP contribution in [0, 0.1) is 5.41 Å². The van der Waals surface area contributed by atoms with Crippen LogP contribution in [0.15, 0.2) is 0 Å². The van der Waals surface area contributed by atoms with Crippen molar-refractivity contribution in [1.29, 1.82) is 0 Å². The second-order valence-electron chi connectivity index (χ2n) is 4.47. The van der Waals surface area contributed by atoms with E-state index in [-0.39, 0.29) is 5.41 Å². The lowest BCUT2D eigenvalue weighted by Gasteiger charge is -2.25. The summed E-state index contributed by atoms with van der Waals surface area (Å²) in [6.07, 6.45) is -1.00. The smallest absolute Gasteiger partial charge is 0.270 e. The molecule has 0 aliphatic rings. The van der Waals surface area contributed by atoms with Gasteiger partial charge in [0.1, 0.15) is 6.10 Å². The van der Waals surface area contributed by atoms with Crippen LogP contribution in [0.2, 0.25) is 0 Å². The highest BCUT2D eigenvalue weighted by Gasteiger charge is 2.31. The summed E-state index contributed by atoms with van der Waals surface area (Å²) in [6, 6.07) is 0. The molecule has 0 saturated heterocycles. The number of alkyl halides is 2. The Morgan fingerprint density at radius 1 is 1.17 bits per heavy atom. The van der Waals surface area contributed by atoms with Gasteiger partial charge in [0.15, 0.2) is 0 Å². The fourth-order valence-corrected chi connectivity index (χ4v) is 0.521. The molecule has 0 fully saturated rings. The van der Waals surface area contributed by atoms with Gasteiger partial charge in [0.05, 0.1) is 6.61 Å². The number of rotatable bonds is 3. The maximum atomic E-state index is 12.6. The number of halogens is 2. The molecule has 1 unspecified atom stereocenters. The van der Waals surface area contributed by atoms with Gasteiger partial charge >= 0.3 is 0 Å². The molecule has 1 atom stereocenters. The van der Waals surface area contributed by atoms with Gasteiger partial charge in [0.2, 0.25) is 0 Å². The van der Waals surface area contributed by atoms with Crippen molar-refractivity contribution in [2.24, 2.45) is 5.41 Å². The molecule has 74 valence electrons. The minimum absolute atomic E-state index is 0.0560. The Hall–Kier alpha value is -0.180. The van der Waals surface area contributed by atoms with E-state index in [1.165, 1.54) is 6.92 Å². The van der Waals surface area contributed by atoms with Gasteiger partial charge in [-0.3, -0.25) is 0 Å². The third-order valence-corrected chi connectivity index (χ3v) is 1.48. The largest absolute Gasteiger partial charge is 0.372 e. The fourth-order valence-electron chi connectivity index (χ4n) is 0.521. The topological polar surface area (TPSA) is 9.23 Å². The Morgan fingerprint density at radius 2 is 1.58 bits per heavy atom. The summed E-state index contributed by atoms with van der Waals surface area (Å²) in [5.74, 6) is -2.74. The second kappa shape index (κ2) is 3.69. The first-order chi connectivity index (χ1) is 5.13. The molecule has 0 saturated carbocycles. The van der Waals surface area contributed by atoms with Crippen molar-refractivity contribution >= 4 is 0 Å².